The Morgan fingerprint density at radius 2 is 2.05 bits per heavy atom. The summed E-state index contributed by atoms with van der Waals surface area (Å²) >= 11 is 5.99. The molecule has 2 N–H and O–H groups in total. The third-order valence-electron chi connectivity index (χ3n) is 2.10. The van der Waals surface area contributed by atoms with E-state index in [9.17, 15) is 9.59 Å². The number of hydrogen-bond donors (Lipinski definition) is 1. The maximum absolute atomic E-state index is 11.7. The highest BCUT2D eigenvalue weighted by Gasteiger charge is 2.17. The number of rotatable bonds is 6. The molecule has 0 aromatic heterocycles. The molecule has 104 valence electrons. The Morgan fingerprint density at radius 3 is 2.58 bits per heavy atom. The van der Waals surface area contributed by atoms with Gasteiger partial charge in [0.2, 0.25) is 0 Å². The van der Waals surface area contributed by atoms with Crippen LogP contribution in [0.2, 0.25) is 5.02 Å². The molecule has 1 aromatic rings. The van der Waals surface area contributed by atoms with Crippen LogP contribution < -0.4 is 15.2 Å². The summed E-state index contributed by atoms with van der Waals surface area (Å²) in [7, 11) is 1.42. The fraction of sp³-hybridized carbons (Fsp3) is 0.333. The topological polar surface area (TPSA) is 87.9 Å². The average Bonchev–Trinajstić information content (AvgIpc) is 2.38. The van der Waals surface area contributed by atoms with Gasteiger partial charge in [-0.05, 0) is 19.1 Å². The predicted octanol–water partition coefficient (Wildman–Crippen LogP) is 1.39. The first-order valence-electron chi connectivity index (χ1n) is 5.45. The summed E-state index contributed by atoms with van der Waals surface area (Å²) in [5.41, 5.74) is 5.03. The Labute approximate surface area is 115 Å². The highest BCUT2D eigenvalue weighted by atomic mass is 35.5. The number of hydrogen-bond acceptors (Lipinski definition) is 5. The van der Waals surface area contributed by atoms with E-state index in [2.05, 4.69) is 4.74 Å². The van der Waals surface area contributed by atoms with Gasteiger partial charge in [-0.3, -0.25) is 4.79 Å². The van der Waals surface area contributed by atoms with Crippen molar-refractivity contribution in [2.45, 2.75) is 6.92 Å². The smallest absolute Gasteiger partial charge is 0.338 e. The summed E-state index contributed by atoms with van der Waals surface area (Å²) in [5.74, 6) is -0.808. The number of carbonyl (C=O) groups is 2. The zero-order valence-corrected chi connectivity index (χ0v) is 11.3. The SMILES string of the molecule is CCOc1c(Cl)cc(C(=O)OCC(N)=O)cc1OC. The molecule has 0 aliphatic heterocycles. The molecule has 6 nitrogen and oxygen atoms in total. The van der Waals surface area contributed by atoms with Crippen LogP contribution >= 0.6 is 11.6 Å². The minimum atomic E-state index is -0.739. The molecule has 0 radical (unpaired) electrons. The molecule has 1 amide bonds. The molecular weight excluding hydrogens is 274 g/mol. The first-order chi connectivity index (χ1) is 8.99. The Kier molecular flexibility index (Phi) is 5.44. The molecule has 0 heterocycles. The van der Waals surface area contributed by atoms with E-state index in [1.165, 1.54) is 19.2 Å². The maximum Gasteiger partial charge on any atom is 0.338 e. The van der Waals surface area contributed by atoms with Crippen molar-refractivity contribution in [3.05, 3.63) is 22.7 Å². The summed E-state index contributed by atoms with van der Waals surface area (Å²) in [5, 5.41) is 0.215. The number of esters is 1. The van der Waals surface area contributed by atoms with E-state index in [1.54, 1.807) is 6.92 Å². The lowest BCUT2D eigenvalue weighted by molar-refractivity contribution is -0.121. The van der Waals surface area contributed by atoms with Gasteiger partial charge in [-0.15, -0.1) is 0 Å². The zero-order chi connectivity index (χ0) is 14.4. The number of benzene rings is 1. The minimum absolute atomic E-state index is 0.145. The van der Waals surface area contributed by atoms with Gasteiger partial charge < -0.3 is 19.9 Å². The first-order valence-corrected chi connectivity index (χ1v) is 5.83. The van der Waals surface area contributed by atoms with Gasteiger partial charge in [-0.2, -0.15) is 0 Å². The monoisotopic (exact) mass is 287 g/mol. The molecule has 1 rings (SSSR count). The molecule has 0 saturated carbocycles. The highest BCUT2D eigenvalue weighted by molar-refractivity contribution is 6.32. The molecule has 0 aliphatic carbocycles. The third-order valence-corrected chi connectivity index (χ3v) is 2.38. The number of primary amides is 1. The van der Waals surface area contributed by atoms with Crippen LogP contribution in [-0.2, 0) is 9.53 Å². The maximum atomic E-state index is 11.7. The van der Waals surface area contributed by atoms with Crippen LogP contribution in [0.4, 0.5) is 0 Å². The third kappa shape index (κ3) is 4.03. The van der Waals surface area contributed by atoms with Crippen molar-refractivity contribution >= 4 is 23.5 Å². The van der Waals surface area contributed by atoms with Crippen molar-refractivity contribution in [2.75, 3.05) is 20.3 Å². The minimum Gasteiger partial charge on any atom is -0.493 e. The van der Waals surface area contributed by atoms with E-state index in [0.717, 1.165) is 0 Å². The second-order valence-corrected chi connectivity index (χ2v) is 3.87. The molecule has 7 heteroatoms. The van der Waals surface area contributed by atoms with E-state index in [-0.39, 0.29) is 10.6 Å². The normalized spacial score (nSPS) is 9.84. The van der Waals surface area contributed by atoms with Gasteiger partial charge in [0.1, 0.15) is 0 Å². The van der Waals surface area contributed by atoms with Crippen LogP contribution in [0.1, 0.15) is 17.3 Å². The Balaban J connectivity index is 3.00. The average molecular weight is 288 g/mol. The van der Waals surface area contributed by atoms with Crippen molar-refractivity contribution in [3.8, 4) is 11.5 Å². The van der Waals surface area contributed by atoms with E-state index < -0.39 is 18.5 Å². The molecule has 0 spiro atoms. The summed E-state index contributed by atoms with van der Waals surface area (Å²) in [6.07, 6.45) is 0. The van der Waals surface area contributed by atoms with Gasteiger partial charge in [0.15, 0.2) is 18.1 Å². The van der Waals surface area contributed by atoms with Crippen LogP contribution in [0.25, 0.3) is 0 Å². The van der Waals surface area contributed by atoms with Gasteiger partial charge >= 0.3 is 5.97 Å². The summed E-state index contributed by atoms with van der Waals surface area (Å²) in [6.45, 7) is 1.71. The van der Waals surface area contributed by atoms with Gasteiger partial charge in [-0.25, -0.2) is 4.79 Å². The number of carbonyl (C=O) groups excluding carboxylic acids is 2. The Bertz CT molecular complexity index is 489. The fourth-order valence-electron chi connectivity index (χ4n) is 1.34. The van der Waals surface area contributed by atoms with E-state index in [4.69, 9.17) is 26.8 Å². The molecule has 1 aromatic carbocycles. The molecule has 0 fully saturated rings. The van der Waals surface area contributed by atoms with Gasteiger partial charge in [0.05, 0.1) is 24.3 Å². The largest absolute Gasteiger partial charge is 0.493 e. The molecular formula is C12H14ClNO5. The van der Waals surface area contributed by atoms with Crippen LogP contribution in [-0.4, -0.2) is 32.2 Å². The lowest BCUT2D eigenvalue weighted by atomic mass is 10.2. The molecule has 0 bridgehead atoms. The van der Waals surface area contributed by atoms with Crippen molar-refractivity contribution in [3.63, 3.8) is 0 Å². The van der Waals surface area contributed by atoms with Crippen molar-refractivity contribution in [2.24, 2.45) is 5.73 Å². The first kappa shape index (κ1) is 15.1. The predicted molar refractivity (Wildman–Crippen MR) is 68.6 cm³/mol. The Morgan fingerprint density at radius 1 is 1.37 bits per heavy atom. The van der Waals surface area contributed by atoms with E-state index in [0.29, 0.717) is 18.1 Å². The van der Waals surface area contributed by atoms with Crippen molar-refractivity contribution < 1.29 is 23.8 Å². The zero-order valence-electron chi connectivity index (χ0n) is 10.6. The van der Waals surface area contributed by atoms with Crippen molar-refractivity contribution in [1.82, 2.24) is 0 Å². The standard InChI is InChI=1S/C12H14ClNO5/c1-3-18-11-8(13)4-7(5-9(11)17-2)12(16)19-6-10(14)15/h4-5H,3,6H2,1-2H3,(H2,14,15). The molecule has 0 aliphatic rings. The summed E-state index contributed by atoms with van der Waals surface area (Å²) in [4.78, 5) is 22.2. The highest BCUT2D eigenvalue weighted by Crippen LogP contribution is 2.36. The van der Waals surface area contributed by atoms with E-state index in [1.807, 2.05) is 0 Å². The lowest BCUT2D eigenvalue weighted by Gasteiger charge is -2.12. The quantitative estimate of drug-likeness (QED) is 0.799. The second-order valence-electron chi connectivity index (χ2n) is 3.46. The van der Waals surface area contributed by atoms with Crippen LogP contribution in [0.5, 0.6) is 11.5 Å². The molecule has 0 saturated heterocycles. The van der Waals surface area contributed by atoms with Crippen LogP contribution in [0.15, 0.2) is 12.1 Å². The molecule has 0 unspecified atom stereocenters. The number of ether oxygens (including phenoxy) is 3. The fourth-order valence-corrected chi connectivity index (χ4v) is 1.61. The Hall–Kier alpha value is -1.95. The summed E-state index contributed by atoms with van der Waals surface area (Å²) in [6, 6.07) is 2.79. The van der Waals surface area contributed by atoms with Gasteiger partial charge in [0, 0.05) is 0 Å². The number of halogens is 1. The van der Waals surface area contributed by atoms with Gasteiger partial charge in [0.25, 0.3) is 5.91 Å². The van der Waals surface area contributed by atoms with Crippen LogP contribution in [0.3, 0.4) is 0 Å². The molecule has 0 atom stereocenters. The lowest BCUT2D eigenvalue weighted by Crippen LogP contribution is -2.21. The number of nitrogens with two attached hydrogens (primary N) is 1. The van der Waals surface area contributed by atoms with E-state index >= 15 is 0 Å². The number of methoxy groups -OCH3 is 1. The molecule has 19 heavy (non-hydrogen) atoms. The second kappa shape index (κ2) is 6.84. The van der Waals surface area contributed by atoms with Gasteiger partial charge in [-0.1, -0.05) is 11.6 Å². The number of amides is 1. The summed E-state index contributed by atoms with van der Waals surface area (Å²) < 4.78 is 15.1. The van der Waals surface area contributed by atoms with Crippen molar-refractivity contribution in [1.29, 1.82) is 0 Å². The van der Waals surface area contributed by atoms with Crippen LogP contribution in [0, 0.1) is 0 Å².